The van der Waals surface area contributed by atoms with Crippen molar-refractivity contribution >= 4 is 5.91 Å². The highest BCUT2D eigenvalue weighted by atomic mass is 16.3. The van der Waals surface area contributed by atoms with E-state index in [1.54, 1.807) is 0 Å². The lowest BCUT2D eigenvalue weighted by Crippen LogP contribution is -2.41. The first kappa shape index (κ1) is 15.5. The van der Waals surface area contributed by atoms with E-state index in [1.807, 2.05) is 10.7 Å². The fourth-order valence-corrected chi connectivity index (χ4v) is 3.26. The lowest BCUT2D eigenvalue weighted by Gasteiger charge is -2.22. The van der Waals surface area contributed by atoms with Gasteiger partial charge in [-0.05, 0) is 52.5 Å². The van der Waals surface area contributed by atoms with Gasteiger partial charge in [-0.2, -0.15) is 5.10 Å². The summed E-state index contributed by atoms with van der Waals surface area (Å²) < 4.78 is 1.99. The molecule has 2 saturated carbocycles. The molecule has 1 heterocycles. The van der Waals surface area contributed by atoms with Crippen LogP contribution in [0, 0.1) is 0 Å². The highest BCUT2D eigenvalue weighted by Crippen LogP contribution is 2.41. The van der Waals surface area contributed by atoms with Crippen LogP contribution >= 0.6 is 0 Å². The van der Waals surface area contributed by atoms with Gasteiger partial charge in [-0.15, -0.1) is 0 Å². The Morgan fingerprint density at radius 3 is 2.59 bits per heavy atom. The fourth-order valence-electron chi connectivity index (χ4n) is 3.26. The number of hydrogen-bond donors (Lipinski definition) is 2. The predicted molar refractivity (Wildman–Crippen MR) is 84.9 cm³/mol. The molecule has 122 valence electrons. The first-order chi connectivity index (χ1) is 10.3. The number of amides is 1. The molecule has 1 aromatic heterocycles. The van der Waals surface area contributed by atoms with Crippen molar-refractivity contribution in [2.75, 3.05) is 6.54 Å². The monoisotopic (exact) mass is 305 g/mol. The smallest absolute Gasteiger partial charge is 0.271 e. The number of hydrogen-bond acceptors (Lipinski definition) is 3. The standard InChI is InChI=1S/C17H27N3O2/c1-16(2,3)20-14(12-6-7-12)10-13(19-20)15(21)18-11-17(22)8-4-5-9-17/h10,12,22H,4-9,11H2,1-3H3,(H,18,21). The van der Waals surface area contributed by atoms with Gasteiger partial charge in [0.2, 0.25) is 0 Å². The summed E-state index contributed by atoms with van der Waals surface area (Å²) in [6, 6.07) is 1.93. The van der Waals surface area contributed by atoms with Crippen LogP contribution in [-0.2, 0) is 5.54 Å². The number of rotatable bonds is 4. The third-order valence-electron chi connectivity index (χ3n) is 4.71. The topological polar surface area (TPSA) is 67.2 Å². The van der Waals surface area contributed by atoms with Crippen LogP contribution in [0.1, 0.15) is 81.4 Å². The molecular weight excluding hydrogens is 278 g/mol. The molecular formula is C17H27N3O2. The van der Waals surface area contributed by atoms with E-state index in [0.29, 0.717) is 18.2 Å². The maximum absolute atomic E-state index is 12.4. The van der Waals surface area contributed by atoms with Gasteiger partial charge >= 0.3 is 0 Å². The van der Waals surface area contributed by atoms with Crippen molar-refractivity contribution < 1.29 is 9.90 Å². The van der Waals surface area contributed by atoms with Crippen LogP contribution in [0.2, 0.25) is 0 Å². The minimum absolute atomic E-state index is 0.125. The number of nitrogens with one attached hydrogen (secondary N) is 1. The summed E-state index contributed by atoms with van der Waals surface area (Å²) in [5.41, 5.74) is 0.789. The Bertz CT molecular complexity index is 561. The highest BCUT2D eigenvalue weighted by molar-refractivity contribution is 5.92. The van der Waals surface area contributed by atoms with Gasteiger partial charge in [-0.3, -0.25) is 9.48 Å². The van der Waals surface area contributed by atoms with Gasteiger partial charge in [0.25, 0.3) is 5.91 Å². The molecule has 0 radical (unpaired) electrons. The van der Waals surface area contributed by atoms with Gasteiger partial charge in [-0.1, -0.05) is 12.8 Å². The molecule has 1 amide bonds. The van der Waals surface area contributed by atoms with Crippen LogP contribution in [0.25, 0.3) is 0 Å². The van der Waals surface area contributed by atoms with Crippen LogP contribution in [0.3, 0.4) is 0 Å². The van der Waals surface area contributed by atoms with Crippen LogP contribution in [0.5, 0.6) is 0 Å². The SMILES string of the molecule is CC(C)(C)n1nc(C(=O)NCC2(O)CCCC2)cc1C1CC1. The summed E-state index contributed by atoms with van der Waals surface area (Å²) in [6.07, 6.45) is 5.99. The van der Waals surface area contributed by atoms with E-state index in [-0.39, 0.29) is 11.4 Å². The molecule has 2 aliphatic rings. The molecule has 2 fully saturated rings. The largest absolute Gasteiger partial charge is 0.388 e. The molecule has 0 spiro atoms. The number of aromatic nitrogens is 2. The molecule has 1 aromatic rings. The van der Waals surface area contributed by atoms with Crippen molar-refractivity contribution in [2.45, 2.75) is 76.4 Å². The summed E-state index contributed by atoms with van der Waals surface area (Å²) in [6.45, 7) is 6.64. The Kier molecular flexibility index (Phi) is 3.79. The van der Waals surface area contributed by atoms with E-state index in [4.69, 9.17) is 0 Å². The Morgan fingerprint density at radius 2 is 2.05 bits per heavy atom. The lowest BCUT2D eigenvalue weighted by atomic mass is 10.0. The predicted octanol–water partition coefficient (Wildman–Crippen LogP) is 2.55. The first-order valence-corrected chi connectivity index (χ1v) is 8.40. The highest BCUT2D eigenvalue weighted by Gasteiger charge is 2.34. The maximum Gasteiger partial charge on any atom is 0.271 e. The molecule has 2 aliphatic carbocycles. The Hall–Kier alpha value is -1.36. The van der Waals surface area contributed by atoms with Gasteiger partial charge in [0, 0.05) is 18.2 Å². The minimum atomic E-state index is -0.721. The van der Waals surface area contributed by atoms with E-state index < -0.39 is 5.60 Å². The van der Waals surface area contributed by atoms with Crippen molar-refractivity contribution in [3.63, 3.8) is 0 Å². The van der Waals surface area contributed by atoms with Crippen LogP contribution in [0.4, 0.5) is 0 Å². The zero-order valence-electron chi connectivity index (χ0n) is 13.9. The lowest BCUT2D eigenvalue weighted by molar-refractivity contribution is 0.0448. The first-order valence-electron chi connectivity index (χ1n) is 8.40. The number of carbonyl (C=O) groups is 1. The third-order valence-corrected chi connectivity index (χ3v) is 4.71. The Balaban J connectivity index is 1.72. The van der Waals surface area contributed by atoms with Gasteiger partial charge in [0.05, 0.1) is 11.1 Å². The van der Waals surface area contributed by atoms with Gasteiger partial charge in [0.1, 0.15) is 5.69 Å². The van der Waals surface area contributed by atoms with Crippen molar-refractivity contribution in [1.29, 1.82) is 0 Å². The molecule has 3 rings (SSSR count). The van der Waals surface area contributed by atoms with Crippen LogP contribution < -0.4 is 5.32 Å². The molecule has 0 aliphatic heterocycles. The van der Waals surface area contributed by atoms with E-state index in [2.05, 4.69) is 31.2 Å². The zero-order chi connectivity index (χ0) is 16.0. The summed E-state index contributed by atoms with van der Waals surface area (Å²) >= 11 is 0. The fraction of sp³-hybridized carbons (Fsp3) is 0.765. The summed E-state index contributed by atoms with van der Waals surface area (Å²) in [4.78, 5) is 12.4. The van der Waals surface area contributed by atoms with E-state index in [9.17, 15) is 9.90 Å². The van der Waals surface area contributed by atoms with E-state index in [1.165, 1.54) is 12.8 Å². The van der Waals surface area contributed by atoms with Crippen LogP contribution in [0.15, 0.2) is 6.07 Å². The molecule has 5 heteroatoms. The molecule has 2 N–H and O–H groups in total. The van der Waals surface area contributed by atoms with Crippen molar-refractivity contribution in [3.05, 3.63) is 17.5 Å². The van der Waals surface area contributed by atoms with Gasteiger partial charge < -0.3 is 10.4 Å². The number of carbonyl (C=O) groups excluding carboxylic acids is 1. The second-order valence-corrected chi connectivity index (χ2v) is 7.93. The minimum Gasteiger partial charge on any atom is -0.388 e. The maximum atomic E-state index is 12.4. The molecule has 0 atom stereocenters. The van der Waals surface area contributed by atoms with E-state index in [0.717, 1.165) is 31.4 Å². The second kappa shape index (κ2) is 5.37. The van der Waals surface area contributed by atoms with Gasteiger partial charge in [0.15, 0.2) is 0 Å². The number of nitrogens with zero attached hydrogens (tertiary/aromatic N) is 2. The Labute approximate surface area is 132 Å². The second-order valence-electron chi connectivity index (χ2n) is 7.93. The Morgan fingerprint density at radius 1 is 1.41 bits per heavy atom. The summed E-state index contributed by atoms with van der Waals surface area (Å²) in [5, 5.41) is 17.7. The normalized spacial score (nSPS) is 21.1. The summed E-state index contributed by atoms with van der Waals surface area (Å²) in [5.74, 6) is 0.373. The molecule has 0 saturated heterocycles. The molecule has 0 unspecified atom stereocenters. The van der Waals surface area contributed by atoms with Crippen molar-refractivity contribution in [3.8, 4) is 0 Å². The van der Waals surface area contributed by atoms with Crippen molar-refractivity contribution in [1.82, 2.24) is 15.1 Å². The third kappa shape index (κ3) is 3.19. The quantitative estimate of drug-likeness (QED) is 0.898. The van der Waals surface area contributed by atoms with E-state index >= 15 is 0 Å². The molecule has 0 bridgehead atoms. The van der Waals surface area contributed by atoms with Crippen LogP contribution in [-0.4, -0.2) is 32.9 Å². The number of aliphatic hydroxyl groups is 1. The average Bonchev–Trinajstić information content (AvgIpc) is 3.02. The van der Waals surface area contributed by atoms with Gasteiger partial charge in [-0.25, -0.2) is 0 Å². The average molecular weight is 305 g/mol. The summed E-state index contributed by atoms with van der Waals surface area (Å²) in [7, 11) is 0. The zero-order valence-corrected chi connectivity index (χ0v) is 13.9. The van der Waals surface area contributed by atoms with Crippen molar-refractivity contribution in [2.24, 2.45) is 0 Å². The molecule has 5 nitrogen and oxygen atoms in total. The molecule has 22 heavy (non-hydrogen) atoms. The molecule has 0 aromatic carbocycles.